The number of nitrogens with one attached hydrogen (secondary N) is 6. The van der Waals surface area contributed by atoms with Crippen molar-refractivity contribution in [3.63, 3.8) is 0 Å². The molecule has 0 saturated carbocycles. The Labute approximate surface area is 364 Å². The summed E-state index contributed by atoms with van der Waals surface area (Å²) in [4.78, 5) is 51.6. The SMILES string of the molecule is CCCCNC(=O)[C@@H](O)[C@H](O)[C@H](O)[C@@H](O)C(=O)CCCN=C(N)CCC(C)=N.CNCCOCCNC(=O)[C@@H](O)[C@H](O)[C@H](O)[C@@H](O)C(=O)CCCOCCCC(=N)CCC(C)=N. The lowest BCUT2D eigenvalue weighted by Crippen LogP contribution is -2.52. The number of hydrogen-bond donors (Lipinski definition) is 15. The average molecular weight is 893 g/mol. The van der Waals surface area contributed by atoms with Gasteiger partial charge in [0.15, 0.2) is 23.8 Å². The molecule has 22 nitrogen and oxygen atoms in total. The fourth-order valence-corrected chi connectivity index (χ4v) is 5.03. The van der Waals surface area contributed by atoms with Crippen LogP contribution in [0, 0.1) is 16.2 Å². The van der Waals surface area contributed by atoms with Gasteiger partial charge in [-0.1, -0.05) is 13.3 Å². The maximum atomic E-state index is 12.1. The molecular weight excluding hydrogens is 816 g/mol. The van der Waals surface area contributed by atoms with Gasteiger partial charge in [0, 0.05) is 75.8 Å². The number of carbonyl (C=O) groups is 4. The van der Waals surface area contributed by atoms with E-state index in [-0.39, 0.29) is 52.0 Å². The first-order valence-corrected chi connectivity index (χ1v) is 21.0. The van der Waals surface area contributed by atoms with Gasteiger partial charge in [-0.15, -0.1) is 0 Å². The third-order valence-electron chi connectivity index (χ3n) is 9.00. The minimum Gasteiger partial charge on any atom is -0.387 e. The lowest BCUT2D eigenvalue weighted by Gasteiger charge is -2.25. The van der Waals surface area contributed by atoms with E-state index in [4.69, 9.17) is 31.4 Å². The van der Waals surface area contributed by atoms with Crippen molar-refractivity contribution in [2.24, 2.45) is 10.7 Å². The van der Waals surface area contributed by atoms with Gasteiger partial charge in [0.1, 0.15) is 36.6 Å². The van der Waals surface area contributed by atoms with Crippen LogP contribution < -0.4 is 21.7 Å². The molecule has 0 heterocycles. The number of nitrogens with two attached hydrogens (primary N) is 1. The number of aliphatic hydroxyl groups is 8. The maximum Gasteiger partial charge on any atom is 0.251 e. The highest BCUT2D eigenvalue weighted by atomic mass is 16.5. The Hall–Kier alpha value is -3.68. The Morgan fingerprint density at radius 2 is 1.00 bits per heavy atom. The normalized spacial score (nSPS) is 15.4. The van der Waals surface area contributed by atoms with Crippen LogP contribution in [-0.4, -0.2) is 196 Å². The Bertz CT molecular complexity index is 1360. The number of ketones is 2. The Balaban J connectivity index is 0. The molecule has 0 aliphatic carbocycles. The predicted molar refractivity (Wildman–Crippen MR) is 232 cm³/mol. The number of aliphatic hydroxyl groups excluding tert-OH is 8. The molecular formula is C40H76N8O14. The largest absolute Gasteiger partial charge is 0.387 e. The van der Waals surface area contributed by atoms with Gasteiger partial charge < -0.3 is 88.2 Å². The highest BCUT2D eigenvalue weighted by Crippen LogP contribution is 2.11. The van der Waals surface area contributed by atoms with Crippen LogP contribution in [0.25, 0.3) is 0 Å². The van der Waals surface area contributed by atoms with Crippen molar-refractivity contribution < 1.29 is 69.5 Å². The highest BCUT2D eigenvalue weighted by Gasteiger charge is 2.38. The zero-order valence-corrected chi connectivity index (χ0v) is 36.8. The number of rotatable bonds is 37. The maximum absolute atomic E-state index is 12.1. The minimum atomic E-state index is -2.05. The van der Waals surface area contributed by atoms with Crippen molar-refractivity contribution in [3.05, 3.63) is 0 Å². The first-order chi connectivity index (χ1) is 29.2. The highest BCUT2D eigenvalue weighted by molar-refractivity contribution is 5.88. The van der Waals surface area contributed by atoms with E-state index in [1.54, 1.807) is 20.9 Å². The van der Waals surface area contributed by atoms with Crippen molar-refractivity contribution in [1.82, 2.24) is 16.0 Å². The van der Waals surface area contributed by atoms with Crippen molar-refractivity contribution in [3.8, 4) is 0 Å². The second-order valence-electron chi connectivity index (χ2n) is 14.8. The molecule has 360 valence electrons. The van der Waals surface area contributed by atoms with E-state index in [1.807, 2.05) is 6.92 Å². The van der Waals surface area contributed by atoms with Crippen LogP contribution in [0.4, 0.5) is 0 Å². The van der Waals surface area contributed by atoms with Gasteiger partial charge >= 0.3 is 0 Å². The number of aliphatic imine (C=N–C) groups is 1. The average Bonchev–Trinajstić information content (AvgIpc) is 3.24. The first kappa shape index (κ1) is 60.4. The molecule has 62 heavy (non-hydrogen) atoms. The second kappa shape index (κ2) is 36.8. The molecule has 0 spiro atoms. The van der Waals surface area contributed by atoms with Crippen molar-refractivity contribution in [2.45, 2.75) is 147 Å². The number of amidine groups is 1. The number of likely N-dealkylation sites (N-methyl/N-ethyl adjacent to an activating group) is 1. The van der Waals surface area contributed by atoms with Crippen LogP contribution in [0.5, 0.6) is 0 Å². The summed E-state index contributed by atoms with van der Waals surface area (Å²) in [5, 5.41) is 109. The quantitative estimate of drug-likeness (QED) is 0.0176. The topological polar surface area (TPSA) is 395 Å². The molecule has 0 aromatic carbocycles. The zero-order valence-electron chi connectivity index (χ0n) is 36.8. The van der Waals surface area contributed by atoms with Gasteiger partial charge in [-0.2, -0.15) is 0 Å². The van der Waals surface area contributed by atoms with Crippen molar-refractivity contribution in [2.75, 3.05) is 59.7 Å². The zero-order chi connectivity index (χ0) is 47.6. The fourth-order valence-electron chi connectivity index (χ4n) is 5.03. The van der Waals surface area contributed by atoms with Crippen LogP contribution in [0.2, 0.25) is 0 Å². The lowest BCUT2D eigenvalue weighted by molar-refractivity contribution is -0.154. The van der Waals surface area contributed by atoms with Gasteiger partial charge in [0.05, 0.1) is 19.0 Å². The molecule has 2 amide bonds. The Morgan fingerprint density at radius 3 is 1.50 bits per heavy atom. The van der Waals surface area contributed by atoms with E-state index in [9.17, 15) is 60.0 Å². The molecule has 0 rings (SSSR count). The van der Waals surface area contributed by atoms with Crippen LogP contribution >= 0.6 is 0 Å². The number of nitrogens with zero attached hydrogens (tertiary/aromatic N) is 1. The van der Waals surface area contributed by atoms with Crippen molar-refractivity contribution >= 4 is 46.4 Å². The summed E-state index contributed by atoms with van der Waals surface area (Å²) >= 11 is 0. The molecule has 0 radical (unpaired) electrons. The number of carbonyl (C=O) groups excluding carboxylic acids is 4. The van der Waals surface area contributed by atoms with Crippen molar-refractivity contribution in [1.29, 1.82) is 16.2 Å². The van der Waals surface area contributed by atoms with E-state index < -0.39 is 72.2 Å². The summed E-state index contributed by atoms with van der Waals surface area (Å²) in [6, 6.07) is 0. The first-order valence-electron chi connectivity index (χ1n) is 21.0. The molecule has 0 fully saturated rings. The van der Waals surface area contributed by atoms with E-state index in [1.165, 1.54) is 0 Å². The van der Waals surface area contributed by atoms with Gasteiger partial charge in [-0.05, 0) is 72.3 Å². The van der Waals surface area contributed by atoms with E-state index in [2.05, 4.69) is 20.9 Å². The number of hydrogen-bond acceptors (Lipinski definition) is 19. The molecule has 0 bridgehead atoms. The third-order valence-corrected chi connectivity index (χ3v) is 9.00. The van der Waals surface area contributed by atoms with Gasteiger partial charge in [0.25, 0.3) is 11.8 Å². The summed E-state index contributed by atoms with van der Waals surface area (Å²) in [7, 11) is 1.77. The molecule has 0 unspecified atom stereocenters. The van der Waals surface area contributed by atoms with Crippen LogP contribution in [-0.2, 0) is 28.7 Å². The summed E-state index contributed by atoms with van der Waals surface area (Å²) in [5.74, 6) is -2.96. The number of unbranched alkanes of at least 4 members (excludes halogenated alkanes) is 1. The summed E-state index contributed by atoms with van der Waals surface area (Å²) in [6.45, 7) is 7.82. The van der Waals surface area contributed by atoms with E-state index in [0.717, 1.165) is 6.42 Å². The summed E-state index contributed by atoms with van der Waals surface area (Å²) in [6.07, 6.45) is -10.8. The van der Waals surface area contributed by atoms with Gasteiger partial charge in [-0.3, -0.25) is 24.2 Å². The van der Waals surface area contributed by atoms with Gasteiger partial charge in [0.2, 0.25) is 0 Å². The van der Waals surface area contributed by atoms with Crippen LogP contribution in [0.1, 0.15) is 97.8 Å². The smallest absolute Gasteiger partial charge is 0.251 e. The minimum absolute atomic E-state index is 0.0779. The van der Waals surface area contributed by atoms with E-state index >= 15 is 0 Å². The Kier molecular flexibility index (Phi) is 35.8. The molecule has 0 aromatic rings. The van der Waals surface area contributed by atoms with Crippen LogP contribution in [0.3, 0.4) is 0 Å². The lowest BCUT2D eigenvalue weighted by atomic mass is 9.97. The number of Topliss-reactive ketones (excluding diaryl/α,β-unsaturated/α-hetero) is 2. The predicted octanol–water partition coefficient (Wildman–Crippen LogP) is -2.36. The third kappa shape index (κ3) is 29.6. The van der Waals surface area contributed by atoms with Gasteiger partial charge in [-0.25, -0.2) is 0 Å². The second-order valence-corrected chi connectivity index (χ2v) is 14.8. The van der Waals surface area contributed by atoms with E-state index in [0.29, 0.717) is 94.2 Å². The summed E-state index contributed by atoms with van der Waals surface area (Å²) < 4.78 is 10.6. The molecule has 22 heteroatoms. The number of amides is 2. The molecule has 8 atom stereocenters. The Morgan fingerprint density at radius 1 is 0.565 bits per heavy atom. The monoisotopic (exact) mass is 893 g/mol. The fraction of sp³-hybridized carbons (Fsp3) is 0.800. The standard InChI is InChI=1S/C22H42N4O8.C18H34N4O6/c1-15(23)7-8-16(24)5-3-11-33-12-4-6-17(27)18(28)19(29)20(30)21(31)22(32)26-10-14-34-13-9-25-2;1-3-4-9-22-18(28)17(27)16(26)15(25)14(24)12(23)6-5-10-21-13(20)8-7-11(2)19/h18-21,23-25,28-31H,3-14H2,1-2H3,(H,26,32);14-17,19,24-27H,3-10H2,1-2H3,(H2,20,21)(H,22,28)/t18-,19+,20+,21-;14-,15+,16+,17-/m00/s1. The molecule has 0 aromatic heterocycles. The molecule has 0 aliphatic heterocycles. The summed E-state index contributed by atoms with van der Waals surface area (Å²) in [5.41, 5.74) is 7.27. The molecule has 16 N–H and O–H groups in total. The number of ether oxygens (including phenoxy) is 2. The molecule has 0 saturated heterocycles. The molecule has 0 aliphatic rings. The van der Waals surface area contributed by atoms with Crippen LogP contribution in [0.15, 0.2) is 4.99 Å².